The molecule has 0 radical (unpaired) electrons. The molecular weight excluding hydrogens is 235 g/mol. The molecule has 0 saturated carbocycles. The maximum absolute atomic E-state index is 14.4. The van der Waals surface area contributed by atoms with Crippen LogP contribution < -0.4 is 15.2 Å². The molecule has 0 saturated heterocycles. The van der Waals surface area contributed by atoms with Gasteiger partial charge in [0.15, 0.2) is 17.3 Å². The molecule has 98 valence electrons. The maximum Gasteiger partial charge on any atom is 0.197 e. The van der Waals surface area contributed by atoms with Crippen LogP contribution in [0.4, 0.5) is 4.39 Å². The van der Waals surface area contributed by atoms with Gasteiger partial charge in [-0.2, -0.15) is 0 Å². The lowest BCUT2D eigenvalue weighted by molar-refractivity contribution is 0.275. The van der Waals surface area contributed by atoms with Crippen LogP contribution in [0.3, 0.4) is 0 Å². The van der Waals surface area contributed by atoms with Crippen LogP contribution in [0.25, 0.3) is 0 Å². The molecular formula is C13H17FN2O2. The van der Waals surface area contributed by atoms with Gasteiger partial charge in [-0.3, -0.25) is 4.99 Å². The van der Waals surface area contributed by atoms with Crippen molar-refractivity contribution in [2.24, 2.45) is 10.7 Å². The van der Waals surface area contributed by atoms with Gasteiger partial charge in [0.1, 0.15) is 5.84 Å². The Balaban J connectivity index is 2.59. The molecule has 0 fully saturated rings. The van der Waals surface area contributed by atoms with E-state index in [4.69, 9.17) is 15.2 Å². The van der Waals surface area contributed by atoms with Crippen LogP contribution in [-0.2, 0) is 0 Å². The van der Waals surface area contributed by atoms with E-state index in [0.29, 0.717) is 24.5 Å². The summed E-state index contributed by atoms with van der Waals surface area (Å²) < 4.78 is 25.1. The minimum atomic E-state index is -0.483. The molecule has 2 rings (SSSR count). The summed E-state index contributed by atoms with van der Waals surface area (Å²) in [5, 5.41) is 0. The van der Waals surface area contributed by atoms with Crippen molar-refractivity contribution >= 4 is 5.84 Å². The molecule has 1 heterocycles. The third-order valence-electron chi connectivity index (χ3n) is 2.85. The summed E-state index contributed by atoms with van der Waals surface area (Å²) in [5.41, 5.74) is 6.83. The first-order valence-corrected chi connectivity index (χ1v) is 6.05. The molecule has 1 aliphatic rings. The molecule has 4 nitrogen and oxygen atoms in total. The highest BCUT2D eigenvalue weighted by atomic mass is 19.1. The highest BCUT2D eigenvalue weighted by Gasteiger charge is 2.29. The number of halogens is 1. The van der Waals surface area contributed by atoms with Gasteiger partial charge in [0.05, 0.1) is 24.8 Å². The maximum atomic E-state index is 14.4. The first-order valence-electron chi connectivity index (χ1n) is 6.05. The van der Waals surface area contributed by atoms with Crippen LogP contribution in [0.15, 0.2) is 11.1 Å². The molecule has 1 aromatic carbocycles. The normalized spacial score (nSPS) is 17.3. The monoisotopic (exact) mass is 252 g/mol. The minimum absolute atomic E-state index is 0.116. The van der Waals surface area contributed by atoms with E-state index in [1.54, 1.807) is 13.0 Å². The van der Waals surface area contributed by atoms with Crippen LogP contribution in [0.1, 0.15) is 37.9 Å². The molecule has 0 spiro atoms. The average molecular weight is 252 g/mol. The third-order valence-corrected chi connectivity index (χ3v) is 2.85. The van der Waals surface area contributed by atoms with Crippen LogP contribution in [0, 0.1) is 5.82 Å². The Kier molecular flexibility index (Phi) is 3.41. The summed E-state index contributed by atoms with van der Waals surface area (Å²) in [7, 11) is 0. The van der Waals surface area contributed by atoms with Crippen molar-refractivity contribution in [3.8, 4) is 11.5 Å². The van der Waals surface area contributed by atoms with Gasteiger partial charge >= 0.3 is 0 Å². The average Bonchev–Trinajstić information content (AvgIpc) is 2.60. The lowest BCUT2D eigenvalue weighted by atomic mass is 10.0. The third kappa shape index (κ3) is 1.89. The van der Waals surface area contributed by atoms with Crippen LogP contribution in [-0.4, -0.2) is 19.0 Å². The van der Waals surface area contributed by atoms with Crippen molar-refractivity contribution in [3.05, 3.63) is 23.0 Å². The van der Waals surface area contributed by atoms with E-state index in [1.807, 2.05) is 13.8 Å². The van der Waals surface area contributed by atoms with E-state index in [0.717, 1.165) is 5.56 Å². The minimum Gasteiger partial charge on any atom is -0.490 e. The number of ether oxygens (including phenoxy) is 2. The number of nitrogens with zero attached hydrogens (tertiary/aromatic N) is 1. The van der Waals surface area contributed by atoms with Gasteiger partial charge < -0.3 is 15.2 Å². The highest BCUT2D eigenvalue weighted by molar-refractivity contribution is 6.02. The van der Waals surface area contributed by atoms with Gasteiger partial charge in [-0.25, -0.2) is 4.39 Å². The van der Waals surface area contributed by atoms with Gasteiger partial charge in [0, 0.05) is 0 Å². The fraction of sp³-hybridized carbons (Fsp3) is 0.462. The van der Waals surface area contributed by atoms with Crippen molar-refractivity contribution in [1.29, 1.82) is 0 Å². The Labute approximate surface area is 106 Å². The van der Waals surface area contributed by atoms with Crippen LogP contribution in [0.2, 0.25) is 0 Å². The quantitative estimate of drug-likeness (QED) is 0.895. The number of amidine groups is 1. The topological polar surface area (TPSA) is 56.8 Å². The number of hydrogen-bond acceptors (Lipinski definition) is 4. The number of rotatable bonds is 4. The van der Waals surface area contributed by atoms with Gasteiger partial charge in [0.2, 0.25) is 0 Å². The lowest BCUT2D eigenvalue weighted by Crippen LogP contribution is -2.14. The van der Waals surface area contributed by atoms with Crippen molar-refractivity contribution in [3.63, 3.8) is 0 Å². The van der Waals surface area contributed by atoms with Crippen LogP contribution >= 0.6 is 0 Å². The molecule has 1 unspecified atom stereocenters. The summed E-state index contributed by atoms with van der Waals surface area (Å²) in [4.78, 5) is 4.16. The smallest absolute Gasteiger partial charge is 0.197 e. The molecule has 0 bridgehead atoms. The SMILES string of the molecule is CCOc1cc2c(c(F)c1OCC)C(N)=NC2C. The van der Waals surface area contributed by atoms with Crippen molar-refractivity contribution in [1.82, 2.24) is 0 Å². The summed E-state index contributed by atoms with van der Waals surface area (Å²) in [5.74, 6) is 0.264. The molecule has 1 atom stereocenters. The van der Waals surface area contributed by atoms with Gasteiger partial charge in [-0.15, -0.1) is 0 Å². The molecule has 1 aromatic rings. The summed E-state index contributed by atoms with van der Waals surface area (Å²) in [6.07, 6.45) is 0. The molecule has 0 aromatic heterocycles. The molecule has 5 heteroatoms. The Morgan fingerprint density at radius 3 is 2.61 bits per heavy atom. The predicted molar refractivity (Wildman–Crippen MR) is 67.9 cm³/mol. The van der Waals surface area contributed by atoms with E-state index in [1.165, 1.54) is 0 Å². The highest BCUT2D eigenvalue weighted by Crippen LogP contribution is 2.40. The molecule has 1 aliphatic heterocycles. The summed E-state index contributed by atoms with van der Waals surface area (Å²) >= 11 is 0. The number of aliphatic imine (C=N–C) groups is 1. The van der Waals surface area contributed by atoms with Crippen LogP contribution in [0.5, 0.6) is 11.5 Å². The number of nitrogens with two attached hydrogens (primary N) is 1. The largest absolute Gasteiger partial charge is 0.490 e. The van der Waals surface area contributed by atoms with E-state index < -0.39 is 5.82 Å². The van der Waals surface area contributed by atoms with E-state index >= 15 is 0 Å². The van der Waals surface area contributed by atoms with Gasteiger partial charge in [-0.1, -0.05) is 0 Å². The number of fused-ring (bicyclic) bond motifs is 1. The van der Waals surface area contributed by atoms with E-state index in [9.17, 15) is 4.39 Å². The zero-order valence-electron chi connectivity index (χ0n) is 10.8. The Morgan fingerprint density at radius 2 is 2.00 bits per heavy atom. The zero-order chi connectivity index (χ0) is 13.3. The Bertz CT molecular complexity index is 500. The first kappa shape index (κ1) is 12.7. The van der Waals surface area contributed by atoms with Crippen molar-refractivity contribution in [2.45, 2.75) is 26.8 Å². The summed E-state index contributed by atoms with van der Waals surface area (Å²) in [6.45, 7) is 6.32. The predicted octanol–water partition coefficient (Wildman–Crippen LogP) is 2.40. The number of hydrogen-bond donors (Lipinski definition) is 1. The van der Waals surface area contributed by atoms with Crippen molar-refractivity contribution < 1.29 is 13.9 Å². The van der Waals surface area contributed by atoms with E-state index in [-0.39, 0.29) is 17.6 Å². The Morgan fingerprint density at radius 1 is 1.33 bits per heavy atom. The zero-order valence-corrected chi connectivity index (χ0v) is 10.8. The summed E-state index contributed by atoms with van der Waals surface area (Å²) in [6, 6.07) is 1.62. The van der Waals surface area contributed by atoms with Gasteiger partial charge in [-0.05, 0) is 32.4 Å². The Hall–Kier alpha value is -1.78. The second-order valence-corrected chi connectivity index (χ2v) is 4.04. The fourth-order valence-electron chi connectivity index (χ4n) is 2.10. The molecule has 18 heavy (non-hydrogen) atoms. The van der Waals surface area contributed by atoms with Gasteiger partial charge in [0.25, 0.3) is 0 Å². The molecule has 2 N–H and O–H groups in total. The first-order chi connectivity index (χ1) is 8.60. The lowest BCUT2D eigenvalue weighted by Gasteiger charge is -2.15. The van der Waals surface area contributed by atoms with Crippen molar-refractivity contribution in [2.75, 3.05) is 13.2 Å². The number of benzene rings is 1. The molecule has 0 aliphatic carbocycles. The van der Waals surface area contributed by atoms with E-state index in [2.05, 4.69) is 4.99 Å². The molecule has 0 amide bonds. The standard InChI is InChI=1S/C13H17FN2O2/c1-4-17-9-6-8-7(3)16-13(15)10(8)11(14)12(9)18-5-2/h6-7H,4-5H2,1-3H3,(H2,15,16). The second-order valence-electron chi connectivity index (χ2n) is 4.04. The second kappa shape index (κ2) is 4.84. The fourth-order valence-corrected chi connectivity index (χ4v) is 2.10.